The number of nitrogens with one attached hydrogen (secondary N) is 1. The lowest BCUT2D eigenvalue weighted by atomic mass is 10.1. The molecule has 0 aliphatic rings. The number of carbonyl (C=O) groups excluding carboxylic acids is 2. The van der Waals surface area contributed by atoms with E-state index in [9.17, 15) is 19.1 Å². The summed E-state index contributed by atoms with van der Waals surface area (Å²) in [4.78, 5) is 23.4. The smallest absolute Gasteiger partial charge is 0.276 e. The number of aromatic nitrogens is 3. The summed E-state index contributed by atoms with van der Waals surface area (Å²) in [6, 6.07) is 7.99. The van der Waals surface area contributed by atoms with Crippen LogP contribution in [-0.4, -0.2) is 26.6 Å². The van der Waals surface area contributed by atoms with E-state index in [1.165, 1.54) is 22.9 Å². The highest BCUT2D eigenvalue weighted by atomic mass is 35.5. The van der Waals surface area contributed by atoms with Crippen molar-refractivity contribution < 1.29 is 19.1 Å². The van der Waals surface area contributed by atoms with E-state index in [1.807, 2.05) is 6.07 Å². The third-order valence-corrected chi connectivity index (χ3v) is 3.79. The van der Waals surface area contributed by atoms with Gasteiger partial charge < -0.3 is 19.8 Å². The number of hydrogen-bond donors (Lipinski definition) is 1. The Morgan fingerprint density at radius 3 is 2.63 bits per heavy atom. The van der Waals surface area contributed by atoms with Gasteiger partial charge in [-0.15, -0.1) is 10.2 Å². The number of nitrogens with zero attached hydrogens (tertiary/aromatic N) is 4. The molecule has 0 aliphatic heterocycles. The van der Waals surface area contributed by atoms with E-state index in [0.29, 0.717) is 11.4 Å². The zero-order chi connectivity index (χ0) is 19.6. The van der Waals surface area contributed by atoms with Gasteiger partial charge in [0.15, 0.2) is 11.5 Å². The molecule has 2 aromatic heterocycles. The third-order valence-electron chi connectivity index (χ3n) is 3.50. The first kappa shape index (κ1) is 18.0. The molecule has 0 radical (unpaired) electrons. The Balaban J connectivity index is 1.84. The van der Waals surface area contributed by atoms with Gasteiger partial charge in [0.25, 0.3) is 5.91 Å². The zero-order valence-electron chi connectivity index (χ0n) is 13.3. The van der Waals surface area contributed by atoms with Gasteiger partial charge in [0.2, 0.25) is 0 Å². The zero-order valence-corrected chi connectivity index (χ0v) is 14.1. The van der Waals surface area contributed by atoms with Gasteiger partial charge in [-0.25, -0.2) is 4.39 Å². The summed E-state index contributed by atoms with van der Waals surface area (Å²) >= 11 is 5.55. The van der Waals surface area contributed by atoms with Crippen LogP contribution in [0.3, 0.4) is 0 Å². The predicted molar refractivity (Wildman–Crippen MR) is 89.8 cm³/mol. The maximum atomic E-state index is 13.6. The largest absolute Gasteiger partial charge is 0.545 e. The molecule has 1 aromatic carbocycles. The van der Waals surface area contributed by atoms with Crippen molar-refractivity contribution in [3.05, 3.63) is 70.4 Å². The molecule has 0 bridgehead atoms. The van der Waals surface area contributed by atoms with E-state index in [0.717, 1.165) is 12.1 Å². The second-order valence-electron chi connectivity index (χ2n) is 5.25. The minimum absolute atomic E-state index is 0.133. The first-order valence-electron chi connectivity index (χ1n) is 7.33. The van der Waals surface area contributed by atoms with E-state index >= 15 is 0 Å². The summed E-state index contributed by atoms with van der Waals surface area (Å²) in [7, 11) is 0. The Hall–Kier alpha value is -3.77. The van der Waals surface area contributed by atoms with Gasteiger partial charge in [-0.2, -0.15) is 5.26 Å². The lowest BCUT2D eigenvalue weighted by molar-refractivity contribution is -0.254. The van der Waals surface area contributed by atoms with Gasteiger partial charge in [0, 0.05) is 18.0 Å². The van der Waals surface area contributed by atoms with Gasteiger partial charge in [-0.1, -0.05) is 11.6 Å². The first-order valence-corrected chi connectivity index (χ1v) is 7.71. The standard InChI is InChI=1S/C17H9ClFN5O3/c18-11-5-10(17(26)27)14(6-12(11)19)21-16(25)13-1-2-15(23-22-13)24-4-3-9(7-20)8-24/h1-6,8H,(H,21,25)(H,26,27)/p-1. The van der Waals surface area contributed by atoms with Crippen molar-refractivity contribution in [3.63, 3.8) is 0 Å². The molecule has 10 heteroatoms. The molecule has 2 heterocycles. The molecule has 1 N–H and O–H groups in total. The van der Waals surface area contributed by atoms with Gasteiger partial charge in [-0.05, 0) is 30.3 Å². The molecule has 8 nitrogen and oxygen atoms in total. The number of anilines is 1. The van der Waals surface area contributed by atoms with Gasteiger partial charge in [-0.3, -0.25) is 4.79 Å². The van der Waals surface area contributed by atoms with Gasteiger partial charge >= 0.3 is 0 Å². The molecule has 0 fully saturated rings. The molecule has 3 rings (SSSR count). The summed E-state index contributed by atoms with van der Waals surface area (Å²) in [6.07, 6.45) is 3.14. The van der Waals surface area contributed by atoms with Crippen molar-refractivity contribution in [1.29, 1.82) is 5.26 Å². The molecule has 0 spiro atoms. The summed E-state index contributed by atoms with van der Waals surface area (Å²) < 4.78 is 15.1. The monoisotopic (exact) mass is 384 g/mol. The van der Waals surface area contributed by atoms with Gasteiger partial charge in [0.05, 0.1) is 22.2 Å². The molecule has 0 unspecified atom stereocenters. The number of carboxylic acids is 1. The van der Waals surface area contributed by atoms with Crippen LogP contribution in [0, 0.1) is 17.1 Å². The van der Waals surface area contributed by atoms with Crippen LogP contribution in [-0.2, 0) is 0 Å². The maximum Gasteiger partial charge on any atom is 0.276 e. The molecular formula is C17H8ClFN5O3-. The fraction of sp³-hybridized carbons (Fsp3) is 0. The molecule has 0 saturated heterocycles. The maximum absolute atomic E-state index is 13.6. The van der Waals surface area contributed by atoms with Crippen molar-refractivity contribution in [2.75, 3.05) is 5.32 Å². The Kier molecular flexibility index (Phi) is 4.83. The fourth-order valence-electron chi connectivity index (χ4n) is 2.19. The predicted octanol–water partition coefficient (Wildman–Crippen LogP) is 1.55. The summed E-state index contributed by atoms with van der Waals surface area (Å²) in [5, 5.41) is 29.4. The lowest BCUT2D eigenvalue weighted by Crippen LogP contribution is -2.25. The van der Waals surface area contributed by atoms with Crippen molar-refractivity contribution in [1.82, 2.24) is 14.8 Å². The Labute approximate surface area is 156 Å². The van der Waals surface area contributed by atoms with Gasteiger partial charge in [0.1, 0.15) is 11.9 Å². The SMILES string of the molecule is N#Cc1ccn(-c2ccc(C(=O)Nc3cc(F)c(Cl)cc3C(=O)[O-])nn2)c1. The minimum Gasteiger partial charge on any atom is -0.545 e. The summed E-state index contributed by atoms with van der Waals surface area (Å²) in [5.41, 5.74) is -0.503. The van der Waals surface area contributed by atoms with E-state index in [4.69, 9.17) is 16.9 Å². The number of benzene rings is 1. The second kappa shape index (κ2) is 7.23. The van der Waals surface area contributed by atoms with Crippen LogP contribution in [0.5, 0.6) is 0 Å². The van der Waals surface area contributed by atoms with Crippen LogP contribution in [0.2, 0.25) is 5.02 Å². The number of amides is 1. The van der Waals surface area contributed by atoms with E-state index in [1.54, 1.807) is 12.3 Å². The Morgan fingerprint density at radius 2 is 2.04 bits per heavy atom. The van der Waals surface area contributed by atoms with Crippen molar-refractivity contribution in [3.8, 4) is 11.9 Å². The summed E-state index contributed by atoms with van der Waals surface area (Å²) in [5.74, 6) is -2.97. The number of carbonyl (C=O) groups is 2. The highest BCUT2D eigenvalue weighted by molar-refractivity contribution is 6.31. The lowest BCUT2D eigenvalue weighted by Gasteiger charge is -2.12. The highest BCUT2D eigenvalue weighted by Gasteiger charge is 2.15. The average molecular weight is 385 g/mol. The van der Waals surface area contributed by atoms with Crippen molar-refractivity contribution in [2.45, 2.75) is 0 Å². The van der Waals surface area contributed by atoms with Crippen LogP contribution in [0.4, 0.5) is 10.1 Å². The van der Waals surface area contributed by atoms with Crippen LogP contribution >= 0.6 is 11.6 Å². The molecule has 27 heavy (non-hydrogen) atoms. The van der Waals surface area contributed by atoms with Crippen LogP contribution in [0.1, 0.15) is 26.4 Å². The quantitative estimate of drug-likeness (QED) is 0.727. The normalized spacial score (nSPS) is 10.3. The van der Waals surface area contributed by atoms with E-state index in [-0.39, 0.29) is 11.4 Å². The number of carboxylic acid groups (broad SMARTS) is 1. The first-order chi connectivity index (χ1) is 12.9. The molecule has 134 valence electrons. The molecule has 0 atom stereocenters. The molecule has 0 aliphatic carbocycles. The number of aromatic carboxylic acids is 1. The number of nitriles is 1. The molecular weight excluding hydrogens is 377 g/mol. The Bertz CT molecular complexity index is 1090. The molecule has 0 saturated carbocycles. The van der Waals surface area contributed by atoms with E-state index in [2.05, 4.69) is 15.5 Å². The third kappa shape index (κ3) is 3.75. The van der Waals surface area contributed by atoms with Crippen LogP contribution in [0.25, 0.3) is 5.82 Å². The molecule has 3 aromatic rings. The van der Waals surface area contributed by atoms with Crippen LogP contribution < -0.4 is 10.4 Å². The molecule has 1 amide bonds. The second-order valence-corrected chi connectivity index (χ2v) is 5.66. The fourth-order valence-corrected chi connectivity index (χ4v) is 2.36. The van der Waals surface area contributed by atoms with Crippen LogP contribution in [0.15, 0.2) is 42.7 Å². The van der Waals surface area contributed by atoms with Crippen molar-refractivity contribution in [2.24, 2.45) is 0 Å². The summed E-state index contributed by atoms with van der Waals surface area (Å²) in [6.45, 7) is 0. The minimum atomic E-state index is -1.63. The van der Waals surface area contributed by atoms with E-state index < -0.39 is 28.3 Å². The number of hydrogen-bond acceptors (Lipinski definition) is 6. The van der Waals surface area contributed by atoms with Crippen molar-refractivity contribution >= 4 is 29.2 Å². The Morgan fingerprint density at radius 1 is 1.26 bits per heavy atom. The highest BCUT2D eigenvalue weighted by Crippen LogP contribution is 2.24. The number of halogens is 2. The average Bonchev–Trinajstić information content (AvgIpc) is 3.13. The topological polar surface area (TPSA) is 124 Å². The number of rotatable bonds is 4.